The van der Waals surface area contributed by atoms with Crippen molar-refractivity contribution in [2.75, 3.05) is 0 Å². The van der Waals surface area contributed by atoms with Gasteiger partial charge in [0, 0.05) is 18.0 Å². The van der Waals surface area contributed by atoms with Gasteiger partial charge in [-0.3, -0.25) is 0 Å². The number of hydrogen-bond acceptors (Lipinski definition) is 2. The van der Waals surface area contributed by atoms with Crippen LogP contribution < -0.4 is 4.74 Å². The number of rotatable bonds is 3. The molecule has 0 saturated carbocycles. The van der Waals surface area contributed by atoms with Gasteiger partial charge in [0.1, 0.15) is 17.2 Å². The van der Waals surface area contributed by atoms with E-state index in [1.54, 1.807) is 24.4 Å². The fourth-order valence-corrected chi connectivity index (χ4v) is 1.97. The molecule has 2 aromatic heterocycles. The van der Waals surface area contributed by atoms with Crippen LogP contribution >= 0.6 is 0 Å². The van der Waals surface area contributed by atoms with Gasteiger partial charge in [0.15, 0.2) is 0 Å². The Bertz CT molecular complexity index is 755. The standard InChI is InChI=1S/C14H9F3N2O/c15-9-5-6-13-18-11(8-19(13)7-9)10-3-1-2-4-12(10)20-14(16)17/h1-8,14H. The minimum Gasteiger partial charge on any atom is -0.434 e. The number of hydrogen-bond donors (Lipinski definition) is 0. The molecular formula is C14H9F3N2O. The largest absolute Gasteiger partial charge is 0.434 e. The van der Waals surface area contributed by atoms with Gasteiger partial charge in [-0.05, 0) is 24.3 Å². The molecule has 3 nitrogen and oxygen atoms in total. The first kappa shape index (κ1) is 12.5. The Morgan fingerprint density at radius 1 is 1.05 bits per heavy atom. The first-order valence-corrected chi connectivity index (χ1v) is 5.82. The Morgan fingerprint density at radius 3 is 2.65 bits per heavy atom. The van der Waals surface area contributed by atoms with Crippen molar-refractivity contribution < 1.29 is 17.9 Å². The third kappa shape index (κ3) is 2.32. The lowest BCUT2D eigenvalue weighted by Gasteiger charge is -2.08. The fourth-order valence-electron chi connectivity index (χ4n) is 1.97. The molecule has 0 spiro atoms. The molecule has 0 saturated heterocycles. The van der Waals surface area contributed by atoms with Crippen molar-refractivity contribution in [3.63, 3.8) is 0 Å². The molecule has 20 heavy (non-hydrogen) atoms. The summed E-state index contributed by atoms with van der Waals surface area (Å²) in [5.41, 5.74) is 1.39. The predicted octanol–water partition coefficient (Wildman–Crippen LogP) is 3.74. The number of alkyl halides is 2. The number of pyridine rings is 1. The van der Waals surface area contributed by atoms with Crippen molar-refractivity contribution in [3.05, 3.63) is 54.6 Å². The molecule has 0 aliphatic rings. The minimum absolute atomic E-state index is 0.0337. The van der Waals surface area contributed by atoms with E-state index in [4.69, 9.17) is 0 Å². The van der Waals surface area contributed by atoms with Gasteiger partial charge in [-0.1, -0.05) is 12.1 Å². The average molecular weight is 278 g/mol. The number of benzene rings is 1. The number of ether oxygens (including phenoxy) is 1. The van der Waals surface area contributed by atoms with Crippen LogP contribution in [0.1, 0.15) is 0 Å². The molecule has 3 aromatic rings. The normalized spacial score (nSPS) is 11.2. The molecule has 0 aliphatic heterocycles. The van der Waals surface area contributed by atoms with Gasteiger partial charge in [0.05, 0.1) is 5.69 Å². The Hall–Kier alpha value is -2.50. The first-order chi connectivity index (χ1) is 9.63. The summed E-state index contributed by atoms with van der Waals surface area (Å²) in [5, 5.41) is 0. The molecule has 0 bridgehead atoms. The molecular weight excluding hydrogens is 269 g/mol. The molecule has 6 heteroatoms. The summed E-state index contributed by atoms with van der Waals surface area (Å²) in [7, 11) is 0. The van der Waals surface area contributed by atoms with Gasteiger partial charge in [0.2, 0.25) is 0 Å². The zero-order valence-corrected chi connectivity index (χ0v) is 10.1. The lowest BCUT2D eigenvalue weighted by Crippen LogP contribution is -2.03. The van der Waals surface area contributed by atoms with Crippen LogP contribution in [0.15, 0.2) is 48.8 Å². The van der Waals surface area contributed by atoms with Crippen LogP contribution in [0.25, 0.3) is 16.9 Å². The predicted molar refractivity (Wildman–Crippen MR) is 67.2 cm³/mol. The smallest absolute Gasteiger partial charge is 0.387 e. The molecule has 0 fully saturated rings. The topological polar surface area (TPSA) is 26.5 Å². The van der Waals surface area contributed by atoms with Crippen molar-refractivity contribution >= 4 is 5.65 Å². The number of fused-ring (bicyclic) bond motifs is 1. The van der Waals surface area contributed by atoms with E-state index in [0.717, 1.165) is 0 Å². The van der Waals surface area contributed by atoms with Gasteiger partial charge in [0.25, 0.3) is 0 Å². The van der Waals surface area contributed by atoms with Crippen molar-refractivity contribution in [3.8, 4) is 17.0 Å². The second kappa shape index (κ2) is 4.88. The van der Waals surface area contributed by atoms with Crippen LogP contribution in [0, 0.1) is 5.82 Å². The minimum atomic E-state index is -2.91. The molecule has 0 N–H and O–H groups in total. The van der Waals surface area contributed by atoms with Gasteiger partial charge >= 0.3 is 6.61 Å². The summed E-state index contributed by atoms with van der Waals surface area (Å²) in [5.74, 6) is -0.370. The second-order valence-corrected chi connectivity index (χ2v) is 4.11. The Kier molecular flexibility index (Phi) is 3.06. The van der Waals surface area contributed by atoms with Crippen LogP contribution in [-0.4, -0.2) is 16.0 Å². The Labute approximate surface area is 112 Å². The molecule has 0 aliphatic carbocycles. The maximum atomic E-state index is 13.1. The summed E-state index contributed by atoms with van der Waals surface area (Å²) in [6.07, 6.45) is 2.83. The zero-order chi connectivity index (χ0) is 14.1. The average Bonchev–Trinajstić information content (AvgIpc) is 2.81. The Morgan fingerprint density at radius 2 is 1.85 bits per heavy atom. The maximum absolute atomic E-state index is 13.1. The van der Waals surface area contributed by atoms with E-state index in [2.05, 4.69) is 9.72 Å². The molecule has 0 amide bonds. The highest BCUT2D eigenvalue weighted by atomic mass is 19.3. The number of halogens is 3. The monoisotopic (exact) mass is 278 g/mol. The van der Waals surface area contributed by atoms with Crippen LogP contribution in [0.2, 0.25) is 0 Å². The van der Waals surface area contributed by atoms with Gasteiger partial charge in [-0.25, -0.2) is 9.37 Å². The van der Waals surface area contributed by atoms with Gasteiger partial charge < -0.3 is 9.14 Å². The fraction of sp³-hybridized carbons (Fsp3) is 0.0714. The van der Waals surface area contributed by atoms with E-state index in [0.29, 0.717) is 16.9 Å². The first-order valence-electron chi connectivity index (χ1n) is 5.82. The highest BCUT2D eigenvalue weighted by Gasteiger charge is 2.13. The molecule has 0 unspecified atom stereocenters. The third-order valence-electron chi connectivity index (χ3n) is 2.79. The summed E-state index contributed by atoms with van der Waals surface area (Å²) >= 11 is 0. The number of nitrogens with zero attached hydrogens (tertiary/aromatic N) is 2. The number of aromatic nitrogens is 2. The van der Waals surface area contributed by atoms with Crippen molar-refractivity contribution in [1.82, 2.24) is 9.38 Å². The maximum Gasteiger partial charge on any atom is 0.387 e. The molecule has 0 atom stereocenters. The van der Waals surface area contributed by atoms with E-state index in [9.17, 15) is 13.2 Å². The highest BCUT2D eigenvalue weighted by Crippen LogP contribution is 2.30. The van der Waals surface area contributed by atoms with Crippen molar-refractivity contribution in [2.24, 2.45) is 0 Å². The third-order valence-corrected chi connectivity index (χ3v) is 2.79. The van der Waals surface area contributed by atoms with Crippen LogP contribution in [0.5, 0.6) is 5.75 Å². The summed E-state index contributed by atoms with van der Waals surface area (Å²) in [6, 6.07) is 9.14. The van der Waals surface area contributed by atoms with E-state index < -0.39 is 12.4 Å². The van der Waals surface area contributed by atoms with E-state index in [1.165, 1.54) is 28.8 Å². The van der Waals surface area contributed by atoms with Crippen molar-refractivity contribution in [1.29, 1.82) is 0 Å². The van der Waals surface area contributed by atoms with Gasteiger partial charge in [-0.15, -0.1) is 0 Å². The molecule has 0 radical (unpaired) electrons. The number of imidazole rings is 1. The van der Waals surface area contributed by atoms with Crippen LogP contribution in [0.4, 0.5) is 13.2 Å². The molecule has 2 heterocycles. The summed E-state index contributed by atoms with van der Waals surface area (Å²) in [6.45, 7) is -2.91. The lowest BCUT2D eigenvalue weighted by atomic mass is 10.1. The lowest BCUT2D eigenvalue weighted by molar-refractivity contribution is -0.0494. The van der Waals surface area contributed by atoms with E-state index >= 15 is 0 Å². The Balaban J connectivity index is 2.10. The zero-order valence-electron chi connectivity index (χ0n) is 10.1. The summed E-state index contributed by atoms with van der Waals surface area (Å²) in [4.78, 5) is 4.26. The van der Waals surface area contributed by atoms with Crippen LogP contribution in [0.3, 0.4) is 0 Å². The van der Waals surface area contributed by atoms with Gasteiger partial charge in [-0.2, -0.15) is 8.78 Å². The SMILES string of the molecule is Fc1ccc2nc(-c3ccccc3OC(F)F)cn2c1. The molecule has 1 aromatic carbocycles. The van der Waals surface area contributed by atoms with E-state index in [1.807, 2.05) is 0 Å². The summed E-state index contributed by atoms with van der Waals surface area (Å²) < 4.78 is 43.8. The molecule has 3 rings (SSSR count). The number of para-hydroxylation sites is 1. The van der Waals surface area contributed by atoms with E-state index in [-0.39, 0.29) is 5.75 Å². The highest BCUT2D eigenvalue weighted by molar-refractivity contribution is 5.69. The quantitative estimate of drug-likeness (QED) is 0.729. The second-order valence-electron chi connectivity index (χ2n) is 4.11. The van der Waals surface area contributed by atoms with Crippen LogP contribution in [-0.2, 0) is 0 Å². The van der Waals surface area contributed by atoms with Crippen molar-refractivity contribution in [2.45, 2.75) is 6.61 Å². The molecule has 102 valence electrons.